The Morgan fingerprint density at radius 2 is 1.38 bits per heavy atom. The smallest absolute Gasteiger partial charge is 0.221 e. The number of halogens is 2. The summed E-state index contributed by atoms with van der Waals surface area (Å²) < 4.78 is 0. The fourth-order valence-electron chi connectivity index (χ4n) is 2.03. The van der Waals surface area contributed by atoms with Gasteiger partial charge in [0.1, 0.15) is 0 Å². The lowest BCUT2D eigenvalue weighted by molar-refractivity contribution is 1.19. The molecule has 1 aromatic heterocycles. The Hall–Kier alpha value is -2.10. The Labute approximate surface area is 132 Å². The van der Waals surface area contributed by atoms with Crippen LogP contribution in [0.25, 0.3) is 22.5 Å². The maximum atomic E-state index is 6.05. The number of nitrogens with two attached hydrogens (primary N) is 1. The molecule has 0 aliphatic heterocycles. The normalized spacial score (nSPS) is 10.6. The molecule has 0 aliphatic rings. The highest BCUT2D eigenvalue weighted by Gasteiger charge is 2.08. The van der Waals surface area contributed by atoms with Crippen molar-refractivity contribution in [1.29, 1.82) is 0 Å². The van der Waals surface area contributed by atoms with Crippen molar-refractivity contribution in [3.63, 3.8) is 0 Å². The van der Waals surface area contributed by atoms with Gasteiger partial charge in [-0.2, -0.15) is 0 Å². The molecule has 0 spiro atoms. The van der Waals surface area contributed by atoms with Crippen LogP contribution in [0.3, 0.4) is 0 Å². The lowest BCUT2D eigenvalue weighted by atomic mass is 10.1. The second kappa shape index (κ2) is 5.72. The van der Waals surface area contributed by atoms with Gasteiger partial charge in [-0.05, 0) is 18.2 Å². The zero-order valence-electron chi connectivity index (χ0n) is 10.9. The topological polar surface area (TPSA) is 51.8 Å². The van der Waals surface area contributed by atoms with Gasteiger partial charge >= 0.3 is 0 Å². The molecule has 3 aromatic rings. The number of anilines is 1. The Kier molecular flexibility index (Phi) is 3.78. The molecular weight excluding hydrogens is 305 g/mol. The van der Waals surface area contributed by atoms with Crippen LogP contribution in [-0.4, -0.2) is 9.97 Å². The van der Waals surface area contributed by atoms with Crippen LogP contribution < -0.4 is 5.73 Å². The van der Waals surface area contributed by atoms with Crippen LogP contribution in [0, 0.1) is 0 Å². The van der Waals surface area contributed by atoms with Gasteiger partial charge in [0.2, 0.25) is 5.95 Å². The molecule has 0 radical (unpaired) electrons. The first-order valence-corrected chi connectivity index (χ1v) is 7.04. The van der Waals surface area contributed by atoms with Crippen LogP contribution >= 0.6 is 23.2 Å². The SMILES string of the molecule is Nc1nc(-c2ccccc2)cc(-c2ccc(Cl)c(Cl)c2)n1. The maximum Gasteiger partial charge on any atom is 0.221 e. The highest BCUT2D eigenvalue weighted by Crippen LogP contribution is 2.29. The van der Waals surface area contributed by atoms with Gasteiger partial charge in [-0.3, -0.25) is 0 Å². The number of nitrogen functional groups attached to an aromatic ring is 1. The van der Waals surface area contributed by atoms with E-state index in [1.54, 1.807) is 12.1 Å². The molecule has 1 heterocycles. The molecule has 2 aromatic carbocycles. The molecule has 21 heavy (non-hydrogen) atoms. The number of hydrogen-bond donors (Lipinski definition) is 1. The van der Waals surface area contributed by atoms with Crippen LogP contribution in [-0.2, 0) is 0 Å². The Morgan fingerprint density at radius 3 is 2.05 bits per heavy atom. The zero-order valence-corrected chi connectivity index (χ0v) is 12.4. The second-order valence-electron chi connectivity index (χ2n) is 4.49. The van der Waals surface area contributed by atoms with Gasteiger partial charge in [-0.25, -0.2) is 9.97 Å². The summed E-state index contributed by atoms with van der Waals surface area (Å²) in [5.74, 6) is 0.220. The average Bonchev–Trinajstić information content (AvgIpc) is 2.50. The molecule has 0 atom stereocenters. The fourth-order valence-corrected chi connectivity index (χ4v) is 2.32. The van der Waals surface area contributed by atoms with Gasteiger partial charge in [0.25, 0.3) is 0 Å². The molecule has 0 saturated heterocycles. The third-order valence-electron chi connectivity index (χ3n) is 3.03. The van der Waals surface area contributed by atoms with Crippen LogP contribution in [0.4, 0.5) is 5.95 Å². The fraction of sp³-hybridized carbons (Fsp3) is 0. The van der Waals surface area contributed by atoms with Crippen LogP contribution in [0.1, 0.15) is 0 Å². The second-order valence-corrected chi connectivity index (χ2v) is 5.31. The summed E-state index contributed by atoms with van der Waals surface area (Å²) >= 11 is 12.0. The van der Waals surface area contributed by atoms with Gasteiger partial charge in [0, 0.05) is 11.1 Å². The number of nitrogens with zero attached hydrogens (tertiary/aromatic N) is 2. The predicted molar refractivity (Wildman–Crippen MR) is 87.3 cm³/mol. The molecule has 5 heteroatoms. The Bertz CT molecular complexity index is 789. The Morgan fingerprint density at radius 1 is 0.714 bits per heavy atom. The summed E-state index contributed by atoms with van der Waals surface area (Å²) in [5, 5.41) is 0.985. The quantitative estimate of drug-likeness (QED) is 0.745. The number of aromatic nitrogens is 2. The molecule has 3 rings (SSSR count). The van der Waals surface area contributed by atoms with Crippen molar-refractivity contribution in [2.24, 2.45) is 0 Å². The summed E-state index contributed by atoms with van der Waals surface area (Å²) in [5.41, 5.74) is 9.12. The van der Waals surface area contributed by atoms with Crippen LogP contribution in [0.5, 0.6) is 0 Å². The summed E-state index contributed by atoms with van der Waals surface area (Å²) in [6.07, 6.45) is 0. The monoisotopic (exact) mass is 315 g/mol. The van der Waals surface area contributed by atoms with Crippen LogP contribution in [0.2, 0.25) is 10.0 Å². The van der Waals surface area contributed by atoms with Gasteiger partial charge in [0.05, 0.1) is 21.4 Å². The maximum absolute atomic E-state index is 6.05. The number of hydrogen-bond acceptors (Lipinski definition) is 3. The van der Waals surface area contributed by atoms with E-state index >= 15 is 0 Å². The van der Waals surface area contributed by atoms with E-state index in [1.165, 1.54) is 0 Å². The largest absolute Gasteiger partial charge is 0.368 e. The van der Waals surface area contributed by atoms with E-state index in [0.29, 0.717) is 15.7 Å². The minimum Gasteiger partial charge on any atom is -0.368 e. The van der Waals surface area contributed by atoms with Crippen molar-refractivity contribution < 1.29 is 0 Å². The molecular formula is C16H11Cl2N3. The van der Waals surface area contributed by atoms with Gasteiger partial charge in [0.15, 0.2) is 0 Å². The van der Waals surface area contributed by atoms with E-state index in [2.05, 4.69) is 9.97 Å². The van der Waals surface area contributed by atoms with Gasteiger partial charge < -0.3 is 5.73 Å². The zero-order chi connectivity index (χ0) is 14.8. The molecule has 2 N–H and O–H groups in total. The molecule has 0 saturated carbocycles. The number of benzene rings is 2. The van der Waals surface area contributed by atoms with Crippen LogP contribution in [0.15, 0.2) is 54.6 Å². The first-order valence-electron chi connectivity index (χ1n) is 6.29. The van der Waals surface area contributed by atoms with E-state index in [-0.39, 0.29) is 5.95 Å². The van der Waals surface area contributed by atoms with Crippen molar-refractivity contribution in [3.8, 4) is 22.5 Å². The average molecular weight is 316 g/mol. The standard InChI is InChI=1S/C16H11Cl2N3/c17-12-7-6-11(8-13(12)18)15-9-14(20-16(19)21-15)10-4-2-1-3-5-10/h1-9H,(H2,19,20,21). The van der Waals surface area contributed by atoms with Gasteiger partial charge in [-0.1, -0.05) is 59.6 Å². The summed E-state index contributed by atoms with van der Waals surface area (Å²) in [6.45, 7) is 0. The van der Waals surface area contributed by atoms with Crippen molar-refractivity contribution in [2.45, 2.75) is 0 Å². The molecule has 0 unspecified atom stereocenters. The first kappa shape index (κ1) is 13.9. The van der Waals surface area contributed by atoms with Crippen molar-refractivity contribution in [2.75, 3.05) is 5.73 Å². The van der Waals surface area contributed by atoms with Crippen molar-refractivity contribution in [1.82, 2.24) is 9.97 Å². The predicted octanol–water partition coefficient (Wildman–Crippen LogP) is 4.70. The molecule has 0 aliphatic carbocycles. The third kappa shape index (κ3) is 2.99. The summed E-state index contributed by atoms with van der Waals surface area (Å²) in [6, 6.07) is 17.0. The minimum atomic E-state index is 0.220. The Balaban J connectivity index is 2.11. The number of rotatable bonds is 2. The van der Waals surface area contributed by atoms with Gasteiger partial charge in [-0.15, -0.1) is 0 Å². The van der Waals surface area contributed by atoms with E-state index in [9.17, 15) is 0 Å². The molecule has 104 valence electrons. The molecule has 0 amide bonds. The third-order valence-corrected chi connectivity index (χ3v) is 3.77. The minimum absolute atomic E-state index is 0.220. The van der Waals surface area contributed by atoms with Crippen molar-refractivity contribution >= 4 is 29.2 Å². The molecule has 0 fully saturated rings. The molecule has 0 bridgehead atoms. The van der Waals surface area contributed by atoms with E-state index in [4.69, 9.17) is 28.9 Å². The van der Waals surface area contributed by atoms with E-state index in [0.717, 1.165) is 16.8 Å². The molecule has 3 nitrogen and oxygen atoms in total. The lowest BCUT2D eigenvalue weighted by Crippen LogP contribution is -1.98. The summed E-state index contributed by atoms with van der Waals surface area (Å²) in [7, 11) is 0. The van der Waals surface area contributed by atoms with E-state index in [1.807, 2.05) is 42.5 Å². The first-order chi connectivity index (χ1) is 10.1. The highest BCUT2D eigenvalue weighted by atomic mass is 35.5. The lowest BCUT2D eigenvalue weighted by Gasteiger charge is -2.07. The summed E-state index contributed by atoms with van der Waals surface area (Å²) in [4.78, 5) is 8.54. The highest BCUT2D eigenvalue weighted by molar-refractivity contribution is 6.42. The van der Waals surface area contributed by atoms with E-state index < -0.39 is 0 Å². The van der Waals surface area contributed by atoms with Crippen molar-refractivity contribution in [3.05, 3.63) is 64.6 Å².